The van der Waals surface area contributed by atoms with Crippen molar-refractivity contribution in [3.63, 3.8) is 0 Å². The van der Waals surface area contributed by atoms with E-state index in [0.717, 1.165) is 74.0 Å². The van der Waals surface area contributed by atoms with E-state index in [2.05, 4.69) is 123 Å². The monoisotopic (exact) mass is 1830 g/mol. The van der Waals surface area contributed by atoms with Gasteiger partial charge in [0.15, 0.2) is 0 Å². The number of hydrogen-bond donors (Lipinski definition) is 0. The summed E-state index contributed by atoms with van der Waals surface area (Å²) < 4.78 is 30.5. The van der Waals surface area contributed by atoms with Crippen molar-refractivity contribution in [1.82, 2.24) is 0 Å². The molecule has 12 heteroatoms. The van der Waals surface area contributed by atoms with Crippen molar-refractivity contribution in [3.05, 3.63) is 75.9 Å². The smallest absolute Gasteiger partial charge is 0.330 e. The molecule has 0 aromatic heterocycles. The second kappa shape index (κ2) is 120. The van der Waals surface area contributed by atoms with E-state index in [0.29, 0.717) is 39.6 Å². The van der Waals surface area contributed by atoms with Crippen LogP contribution in [0.3, 0.4) is 0 Å². The molecule has 0 rings (SSSR count). The molecule has 0 spiro atoms. The van der Waals surface area contributed by atoms with Crippen molar-refractivity contribution in [3.8, 4) is 0 Å². The van der Waals surface area contributed by atoms with Gasteiger partial charge in [0.2, 0.25) is 0 Å². The Morgan fingerprint density at radius 3 is 0.346 bits per heavy atom. The summed E-state index contributed by atoms with van der Waals surface area (Å²) in [4.78, 5) is 66.1. The first kappa shape index (κ1) is 136. The van der Waals surface area contributed by atoms with E-state index in [1.165, 1.54) is 486 Å². The first-order chi connectivity index (χ1) is 63.4. The van der Waals surface area contributed by atoms with Crippen LogP contribution in [0.1, 0.15) is 571 Å². The maximum absolute atomic E-state index is 11.1. The van der Waals surface area contributed by atoms with Crippen molar-refractivity contribution < 1.29 is 57.2 Å². The molecule has 0 heterocycles. The molecule has 4 atom stereocenters. The number of esters is 6. The van der Waals surface area contributed by atoms with Crippen molar-refractivity contribution in [2.45, 2.75) is 571 Å². The van der Waals surface area contributed by atoms with E-state index in [4.69, 9.17) is 28.4 Å². The van der Waals surface area contributed by atoms with Crippen LogP contribution in [0, 0.1) is 35.5 Å². The normalized spacial score (nSPS) is 11.7. The Labute approximate surface area is 810 Å². The predicted molar refractivity (Wildman–Crippen MR) is 567 cm³/mol. The van der Waals surface area contributed by atoms with Crippen LogP contribution in [0.2, 0.25) is 0 Å². The Bertz CT molecular complexity index is 2340. The Morgan fingerprint density at radius 2 is 0.231 bits per heavy atom. The zero-order chi connectivity index (χ0) is 97.4. The lowest BCUT2D eigenvalue weighted by Crippen LogP contribution is -2.06. The lowest BCUT2D eigenvalue weighted by atomic mass is 9.90. The van der Waals surface area contributed by atoms with Gasteiger partial charge in [-0.2, -0.15) is 0 Å². The van der Waals surface area contributed by atoms with Crippen LogP contribution < -0.4 is 0 Å². The van der Waals surface area contributed by atoms with E-state index >= 15 is 0 Å². The molecule has 0 aliphatic carbocycles. The van der Waals surface area contributed by atoms with Crippen molar-refractivity contribution in [2.24, 2.45) is 35.5 Å². The molecule has 0 aromatic rings. The minimum absolute atomic E-state index is 0.291. The summed E-state index contributed by atoms with van der Waals surface area (Å²) >= 11 is 0. The fourth-order valence-corrected chi connectivity index (χ4v) is 17.2. The number of hydrogen-bond acceptors (Lipinski definition) is 12. The standard InChI is InChI=1S/2C21H40O2.C20H38O2.2C19H36O2.C18H34O2/c1-4-7-9-11-12-14-17-20(16-13-10-8-5-2)18-15-19-23-21(22)6-3;1-4-7-9-11-13-16-20(17-14-12-10-8-5-2)18-15-19-23-21(22)6-3;1-4-7-9-11-13-16-19(15-12-10-8-5-2)17-14-18-22-20(21)6-3;1-4-7-9-10-12-15-18(14-11-8-5-2)16-13-17-21-19(20)6-3;1-4-7-9-11-14-18(15-12-10-8-5-2)16-13-17-21-19(20)6-3;1-4-7-9-11-14-17(13-10-8-5-2)15-12-16-20-18(19)6-3/h2*6,20H,3-5,7-19H2,1-2H3;6,19H,3-5,7-18H2,1-2H3;2*6,18H,3-5,7-17H2,1-2H3;6,17H,3-5,7-16H2,1-2H3. The zero-order valence-electron chi connectivity index (χ0n) is 89.1. The van der Waals surface area contributed by atoms with Gasteiger partial charge in [-0.25, -0.2) is 28.8 Å². The first-order valence-corrected chi connectivity index (χ1v) is 56.2. The number of unbranched alkanes of at least 4 members (excludes halogenated alkanes) is 40. The van der Waals surface area contributed by atoms with Crippen LogP contribution in [0.25, 0.3) is 0 Å². The molecule has 0 fully saturated rings. The molecular formula is C118H224O12. The summed E-state index contributed by atoms with van der Waals surface area (Å²) in [7, 11) is 0. The van der Waals surface area contributed by atoms with E-state index in [-0.39, 0.29) is 35.8 Å². The molecule has 130 heavy (non-hydrogen) atoms. The summed E-state index contributed by atoms with van der Waals surface area (Å²) in [6, 6.07) is 0. The molecule has 12 nitrogen and oxygen atoms in total. The largest absolute Gasteiger partial charge is 0.463 e. The van der Waals surface area contributed by atoms with Crippen LogP contribution in [0.5, 0.6) is 0 Å². The average Bonchev–Trinajstić information content (AvgIpc) is 1.01. The molecule has 0 saturated carbocycles. The Kier molecular flexibility index (Phi) is 126. The van der Waals surface area contributed by atoms with Gasteiger partial charge in [-0.15, -0.1) is 0 Å². The molecule has 0 aliphatic rings. The van der Waals surface area contributed by atoms with Crippen LogP contribution in [-0.4, -0.2) is 75.5 Å². The van der Waals surface area contributed by atoms with Gasteiger partial charge >= 0.3 is 35.8 Å². The molecular weight excluding hydrogens is 1610 g/mol. The Balaban J connectivity index is -0.000000355. The fourth-order valence-electron chi connectivity index (χ4n) is 17.2. The Hall–Kier alpha value is -4.74. The van der Waals surface area contributed by atoms with Crippen molar-refractivity contribution in [1.29, 1.82) is 0 Å². The van der Waals surface area contributed by atoms with E-state index in [9.17, 15) is 28.8 Å². The lowest BCUT2D eigenvalue weighted by Gasteiger charge is -2.17. The summed E-state index contributed by atoms with van der Waals surface area (Å²) in [5.41, 5.74) is 0. The third kappa shape index (κ3) is 117. The second-order valence-electron chi connectivity index (χ2n) is 37.9. The van der Waals surface area contributed by atoms with Crippen LogP contribution in [0.4, 0.5) is 0 Å². The summed E-state index contributed by atoms with van der Waals surface area (Å²) in [6.07, 6.45) is 107. The minimum atomic E-state index is -0.296. The third-order valence-corrected chi connectivity index (χ3v) is 25.6. The topological polar surface area (TPSA) is 158 Å². The molecule has 768 valence electrons. The number of ether oxygens (including phenoxy) is 6. The molecule has 0 radical (unpaired) electrons. The van der Waals surface area contributed by atoms with Gasteiger partial charge in [-0.3, -0.25) is 0 Å². The number of carbonyl (C=O) groups is 6. The highest BCUT2D eigenvalue weighted by Crippen LogP contribution is 2.30. The highest BCUT2D eigenvalue weighted by molar-refractivity contribution is 5.82. The number of rotatable bonds is 94. The van der Waals surface area contributed by atoms with Gasteiger partial charge < -0.3 is 28.4 Å². The van der Waals surface area contributed by atoms with Gasteiger partial charge in [-0.05, 0) is 113 Å². The fraction of sp³-hybridized carbons (Fsp3) is 0.847. The molecule has 0 amide bonds. The second-order valence-corrected chi connectivity index (χ2v) is 37.9. The van der Waals surface area contributed by atoms with Crippen LogP contribution in [0.15, 0.2) is 75.9 Å². The van der Waals surface area contributed by atoms with E-state index < -0.39 is 0 Å². The third-order valence-electron chi connectivity index (χ3n) is 25.6. The van der Waals surface area contributed by atoms with E-state index in [1.807, 2.05) is 0 Å². The van der Waals surface area contributed by atoms with Crippen molar-refractivity contribution in [2.75, 3.05) is 39.6 Å². The van der Waals surface area contributed by atoms with Crippen LogP contribution in [-0.2, 0) is 57.2 Å². The first-order valence-electron chi connectivity index (χ1n) is 56.2. The zero-order valence-corrected chi connectivity index (χ0v) is 89.1. The SMILES string of the molecule is C=CC(=O)OCCCC(CCCCC)CCCCCC.C=CC(=O)OCCCC(CCCCC)CCCCCCC.C=CC(=O)OCCCC(CCCCCC)CCCCCC.C=CC(=O)OCCCC(CCCCCC)CCCCCCC.C=CC(=O)OCCCC(CCCCCC)CCCCCCCC.C=CC(=O)OCCCC(CCCCCCC)CCCCCCC. The maximum atomic E-state index is 11.1. The van der Waals surface area contributed by atoms with Gasteiger partial charge in [0.25, 0.3) is 0 Å². The Morgan fingerprint density at radius 1 is 0.146 bits per heavy atom. The molecule has 0 N–H and O–H groups in total. The summed E-state index contributed by atoms with van der Waals surface area (Å²) in [5, 5.41) is 0. The molecule has 0 aliphatic heterocycles. The highest BCUT2D eigenvalue weighted by atomic mass is 16.5. The number of carbonyl (C=O) groups excluding carboxylic acids is 6. The quantitative estimate of drug-likeness (QED) is 0.0246. The maximum Gasteiger partial charge on any atom is 0.330 e. The minimum Gasteiger partial charge on any atom is -0.463 e. The van der Waals surface area contributed by atoms with Crippen molar-refractivity contribution >= 4 is 35.8 Å². The van der Waals surface area contributed by atoms with E-state index in [1.54, 1.807) is 0 Å². The molecule has 4 unspecified atom stereocenters. The average molecular weight is 1840 g/mol. The highest BCUT2D eigenvalue weighted by Gasteiger charge is 2.16. The van der Waals surface area contributed by atoms with Gasteiger partial charge in [-0.1, -0.05) is 533 Å². The summed E-state index contributed by atoms with van der Waals surface area (Å²) in [5.74, 6) is 3.16. The predicted octanol–water partition coefficient (Wildman–Crippen LogP) is 37.9. The molecule has 0 saturated heterocycles. The van der Waals surface area contributed by atoms with Crippen LogP contribution >= 0.6 is 0 Å². The van der Waals surface area contributed by atoms with Gasteiger partial charge in [0.05, 0.1) is 39.6 Å². The van der Waals surface area contributed by atoms with Gasteiger partial charge in [0.1, 0.15) is 0 Å². The molecule has 0 aromatic carbocycles. The molecule has 0 bridgehead atoms. The lowest BCUT2D eigenvalue weighted by molar-refractivity contribution is -0.138. The summed E-state index contributed by atoms with van der Waals surface area (Å²) in [6.45, 7) is 51.0. The van der Waals surface area contributed by atoms with Gasteiger partial charge in [0, 0.05) is 36.5 Å².